The molecule has 0 aliphatic carbocycles. The summed E-state index contributed by atoms with van der Waals surface area (Å²) in [6.07, 6.45) is 3.35. The molecule has 0 bridgehead atoms. The van der Waals surface area contributed by atoms with Gasteiger partial charge in [-0.25, -0.2) is 0 Å². The highest BCUT2D eigenvalue weighted by Gasteiger charge is 2.13. The van der Waals surface area contributed by atoms with Crippen LogP contribution in [-0.2, 0) is 16.0 Å². The minimum atomic E-state index is -1.04. The maximum Gasteiger partial charge on any atom is 0.248 e. The van der Waals surface area contributed by atoms with Crippen LogP contribution in [0.25, 0.3) is 0 Å². The highest BCUT2D eigenvalue weighted by molar-refractivity contribution is 6.30. The molecule has 0 saturated carbocycles. The van der Waals surface area contributed by atoms with Crippen molar-refractivity contribution in [1.29, 1.82) is 10.7 Å². The summed E-state index contributed by atoms with van der Waals surface area (Å²) in [5, 5.41) is 39.8. The van der Waals surface area contributed by atoms with Crippen molar-refractivity contribution in [2.45, 2.75) is 19.4 Å². The van der Waals surface area contributed by atoms with Crippen molar-refractivity contribution in [2.75, 3.05) is 6.61 Å². The standard InChI is InChI=1S/C18H19ClN4O4/c1-11(18(27)23-15(9-21)10-24)6-14(4-5-20)22-17(26)8-12-7-13(19)2-3-16(12)25/h2-7,15,20,24-25H,8,10H2,1H3,(H,22,26)(H,23,27)/b11-6+,14-4+,20-5?. The maximum absolute atomic E-state index is 12.2. The number of carbonyl (C=O) groups excluding carboxylic acids is 2. The van der Waals surface area contributed by atoms with Crippen LogP contribution in [-0.4, -0.2) is 40.9 Å². The Bertz CT molecular complexity index is 827. The number of hydrogen-bond donors (Lipinski definition) is 5. The third-order valence-electron chi connectivity index (χ3n) is 3.31. The zero-order valence-corrected chi connectivity index (χ0v) is 15.2. The molecule has 0 aromatic heterocycles. The van der Waals surface area contributed by atoms with Crippen LogP contribution >= 0.6 is 11.6 Å². The monoisotopic (exact) mass is 390 g/mol. The fraction of sp³-hybridized carbons (Fsp3) is 0.222. The van der Waals surface area contributed by atoms with Gasteiger partial charge < -0.3 is 26.3 Å². The molecule has 27 heavy (non-hydrogen) atoms. The minimum absolute atomic E-state index is 0.0789. The van der Waals surface area contributed by atoms with Gasteiger partial charge in [0.05, 0.1) is 19.1 Å². The molecule has 1 rings (SSSR count). The number of allylic oxidation sites excluding steroid dienone is 2. The number of carbonyl (C=O) groups is 2. The summed E-state index contributed by atoms with van der Waals surface area (Å²) in [5.74, 6) is -1.17. The third kappa shape index (κ3) is 7.32. The highest BCUT2D eigenvalue weighted by Crippen LogP contribution is 2.21. The first-order chi connectivity index (χ1) is 12.8. The molecule has 1 aromatic carbocycles. The Morgan fingerprint density at radius 1 is 1.44 bits per heavy atom. The van der Waals surface area contributed by atoms with E-state index in [0.29, 0.717) is 10.6 Å². The molecule has 9 heteroatoms. The van der Waals surface area contributed by atoms with Gasteiger partial charge >= 0.3 is 0 Å². The predicted molar refractivity (Wildman–Crippen MR) is 100 cm³/mol. The van der Waals surface area contributed by atoms with Crippen LogP contribution in [0.2, 0.25) is 5.02 Å². The number of nitrogens with zero attached hydrogens (tertiary/aromatic N) is 1. The van der Waals surface area contributed by atoms with Gasteiger partial charge in [0.2, 0.25) is 11.8 Å². The van der Waals surface area contributed by atoms with Crippen LogP contribution in [0.15, 0.2) is 41.6 Å². The van der Waals surface area contributed by atoms with Gasteiger partial charge in [0.1, 0.15) is 11.8 Å². The average Bonchev–Trinajstić information content (AvgIpc) is 2.62. The Balaban J connectivity index is 2.86. The summed E-state index contributed by atoms with van der Waals surface area (Å²) in [6, 6.07) is 5.00. The van der Waals surface area contributed by atoms with Gasteiger partial charge in [-0.05, 0) is 37.3 Å². The number of aliphatic hydroxyl groups excluding tert-OH is 1. The molecule has 2 amide bonds. The van der Waals surface area contributed by atoms with Crippen molar-refractivity contribution >= 4 is 29.6 Å². The molecule has 1 aromatic rings. The van der Waals surface area contributed by atoms with E-state index < -0.39 is 24.5 Å². The van der Waals surface area contributed by atoms with Gasteiger partial charge in [-0.15, -0.1) is 0 Å². The van der Waals surface area contributed by atoms with Crippen molar-refractivity contribution in [3.8, 4) is 11.8 Å². The normalized spacial score (nSPS) is 12.7. The number of benzene rings is 1. The molecule has 0 radical (unpaired) electrons. The first-order valence-electron chi connectivity index (χ1n) is 7.78. The van der Waals surface area contributed by atoms with E-state index in [0.717, 1.165) is 6.21 Å². The average molecular weight is 391 g/mol. The Labute approximate surface area is 161 Å². The molecular formula is C18H19ClN4O4. The predicted octanol–water partition coefficient (Wildman–Crippen LogP) is 1.18. The zero-order valence-electron chi connectivity index (χ0n) is 14.5. The molecule has 0 saturated heterocycles. The third-order valence-corrected chi connectivity index (χ3v) is 3.55. The topological polar surface area (TPSA) is 146 Å². The van der Waals surface area contributed by atoms with E-state index in [-0.39, 0.29) is 23.4 Å². The molecular weight excluding hydrogens is 372 g/mol. The van der Waals surface area contributed by atoms with E-state index in [1.807, 2.05) is 0 Å². The van der Waals surface area contributed by atoms with Crippen molar-refractivity contribution < 1.29 is 19.8 Å². The fourth-order valence-electron chi connectivity index (χ4n) is 1.98. The van der Waals surface area contributed by atoms with Crippen LogP contribution in [0.1, 0.15) is 12.5 Å². The fourth-order valence-corrected chi connectivity index (χ4v) is 2.17. The van der Waals surface area contributed by atoms with Crippen LogP contribution in [0.4, 0.5) is 0 Å². The lowest BCUT2D eigenvalue weighted by atomic mass is 10.1. The lowest BCUT2D eigenvalue weighted by Crippen LogP contribution is -2.37. The Kier molecular flexibility index (Phi) is 8.72. The molecule has 0 aliphatic rings. The van der Waals surface area contributed by atoms with Gasteiger partial charge in [-0.3, -0.25) is 9.59 Å². The molecule has 0 heterocycles. The lowest BCUT2D eigenvalue weighted by Gasteiger charge is -2.11. The van der Waals surface area contributed by atoms with Crippen LogP contribution < -0.4 is 10.6 Å². The molecule has 0 spiro atoms. The molecule has 0 fully saturated rings. The number of halogens is 1. The number of hydrogen-bond acceptors (Lipinski definition) is 6. The van der Waals surface area contributed by atoms with Crippen molar-refractivity contribution in [2.24, 2.45) is 0 Å². The van der Waals surface area contributed by atoms with E-state index in [2.05, 4.69) is 10.6 Å². The van der Waals surface area contributed by atoms with Crippen molar-refractivity contribution in [3.63, 3.8) is 0 Å². The largest absolute Gasteiger partial charge is 0.508 e. The molecule has 1 atom stereocenters. The number of aromatic hydroxyl groups is 1. The van der Waals surface area contributed by atoms with Gasteiger partial charge in [0.25, 0.3) is 0 Å². The smallest absolute Gasteiger partial charge is 0.248 e. The maximum atomic E-state index is 12.2. The number of nitriles is 1. The zero-order chi connectivity index (χ0) is 20.4. The van der Waals surface area contributed by atoms with Crippen LogP contribution in [0.3, 0.4) is 0 Å². The number of rotatable bonds is 8. The van der Waals surface area contributed by atoms with Crippen LogP contribution in [0, 0.1) is 16.7 Å². The number of nitrogens with one attached hydrogen (secondary N) is 3. The van der Waals surface area contributed by atoms with Gasteiger partial charge in [0.15, 0.2) is 0 Å². The summed E-state index contributed by atoms with van der Waals surface area (Å²) in [5.41, 5.74) is 0.650. The minimum Gasteiger partial charge on any atom is -0.508 e. The summed E-state index contributed by atoms with van der Waals surface area (Å²) in [4.78, 5) is 24.2. The van der Waals surface area contributed by atoms with Gasteiger partial charge in [-0.1, -0.05) is 11.6 Å². The van der Waals surface area contributed by atoms with Crippen molar-refractivity contribution in [3.05, 3.63) is 52.2 Å². The Morgan fingerprint density at radius 3 is 2.74 bits per heavy atom. The first kappa shape index (κ1) is 21.9. The van der Waals surface area contributed by atoms with E-state index in [4.69, 9.17) is 27.4 Å². The summed E-state index contributed by atoms with van der Waals surface area (Å²) < 4.78 is 0. The molecule has 142 valence electrons. The number of amides is 2. The number of aliphatic hydroxyl groups is 1. The molecule has 1 unspecified atom stereocenters. The summed E-state index contributed by atoms with van der Waals surface area (Å²) in [7, 11) is 0. The molecule has 5 N–H and O–H groups in total. The van der Waals surface area contributed by atoms with Gasteiger partial charge in [-0.2, -0.15) is 5.26 Å². The molecule has 8 nitrogen and oxygen atoms in total. The first-order valence-corrected chi connectivity index (χ1v) is 8.16. The number of phenols is 1. The highest BCUT2D eigenvalue weighted by atomic mass is 35.5. The van der Waals surface area contributed by atoms with Crippen molar-refractivity contribution in [1.82, 2.24) is 10.6 Å². The second-order valence-corrected chi connectivity index (χ2v) is 5.89. The SMILES string of the molecule is C/C(=C\C(=C/C=N)NC(=O)Cc1cc(Cl)ccc1O)C(=O)NC(C#N)CO. The van der Waals surface area contributed by atoms with E-state index >= 15 is 0 Å². The molecule has 0 aliphatic heterocycles. The van der Waals surface area contributed by atoms with Crippen LogP contribution in [0.5, 0.6) is 5.75 Å². The van der Waals surface area contributed by atoms with Gasteiger partial charge in [0, 0.05) is 28.1 Å². The lowest BCUT2D eigenvalue weighted by molar-refractivity contribution is -0.120. The van der Waals surface area contributed by atoms with E-state index in [9.17, 15) is 14.7 Å². The Hall–Kier alpha value is -3.15. The quantitative estimate of drug-likeness (QED) is 0.257. The summed E-state index contributed by atoms with van der Waals surface area (Å²) >= 11 is 5.85. The summed E-state index contributed by atoms with van der Waals surface area (Å²) in [6.45, 7) is 0.923. The second kappa shape index (κ2) is 10.8. The second-order valence-electron chi connectivity index (χ2n) is 5.45. The van der Waals surface area contributed by atoms with E-state index in [1.165, 1.54) is 37.3 Å². The van der Waals surface area contributed by atoms with E-state index in [1.54, 1.807) is 6.07 Å². The number of phenolic OH excluding ortho intramolecular Hbond substituents is 1. The Morgan fingerprint density at radius 2 is 2.15 bits per heavy atom.